The van der Waals surface area contributed by atoms with Gasteiger partial charge in [0.15, 0.2) is 0 Å². The molecule has 1 aliphatic rings. The van der Waals surface area contributed by atoms with E-state index in [-0.39, 0.29) is 12.1 Å². The number of nitrogens with zero attached hydrogens (tertiary/aromatic N) is 1. The first-order chi connectivity index (χ1) is 10.0. The molecule has 0 saturated carbocycles. The quantitative estimate of drug-likeness (QED) is 0.894. The van der Waals surface area contributed by atoms with Crippen molar-refractivity contribution < 1.29 is 14.3 Å². The Morgan fingerprint density at radius 2 is 1.90 bits per heavy atom. The lowest BCUT2D eigenvalue weighted by molar-refractivity contribution is 0.193. The van der Waals surface area contributed by atoms with Crippen LogP contribution in [0.4, 0.5) is 10.5 Å². The first-order valence-electron chi connectivity index (χ1n) is 6.77. The molecule has 1 aliphatic heterocycles. The Labute approximate surface area is 129 Å². The number of hydrogen-bond donors (Lipinski definition) is 2. The van der Waals surface area contributed by atoms with Crippen molar-refractivity contribution in [2.24, 2.45) is 5.73 Å². The number of rotatable bonds is 4. The molecule has 0 spiro atoms. The van der Waals surface area contributed by atoms with Crippen molar-refractivity contribution in [1.29, 1.82) is 0 Å². The maximum Gasteiger partial charge on any atom is 0.314 e. The number of amides is 2. The number of urea groups is 1. The first kappa shape index (κ1) is 15.6. The summed E-state index contributed by atoms with van der Waals surface area (Å²) in [5.74, 6) is 1.26. The topological polar surface area (TPSA) is 76.8 Å². The van der Waals surface area contributed by atoms with E-state index in [1.54, 1.807) is 25.2 Å². The summed E-state index contributed by atoms with van der Waals surface area (Å²) in [6.07, 6.45) is 1.66. The van der Waals surface area contributed by atoms with Crippen molar-refractivity contribution >= 4 is 23.3 Å². The molecule has 21 heavy (non-hydrogen) atoms. The third kappa shape index (κ3) is 3.64. The molecule has 2 amide bonds. The number of carbonyl (C=O) groups excluding carboxylic acids is 1. The Balaban J connectivity index is 2.07. The van der Waals surface area contributed by atoms with Crippen LogP contribution in [0.3, 0.4) is 0 Å². The molecule has 2 rings (SSSR count). The van der Waals surface area contributed by atoms with E-state index in [0.717, 1.165) is 18.5 Å². The van der Waals surface area contributed by atoms with E-state index in [0.29, 0.717) is 29.6 Å². The van der Waals surface area contributed by atoms with Crippen LogP contribution in [0.1, 0.15) is 12.8 Å². The highest BCUT2D eigenvalue weighted by Gasteiger charge is 2.22. The van der Waals surface area contributed by atoms with Crippen molar-refractivity contribution in [1.82, 2.24) is 4.90 Å². The average Bonchev–Trinajstić information content (AvgIpc) is 2.49. The fourth-order valence-corrected chi connectivity index (χ4v) is 2.67. The Bertz CT molecular complexity index is 516. The molecule has 0 atom stereocenters. The lowest BCUT2D eigenvalue weighted by Gasteiger charge is -2.32. The highest BCUT2D eigenvalue weighted by atomic mass is 35.5. The molecule has 1 aromatic carbocycles. The van der Waals surface area contributed by atoms with E-state index in [1.165, 1.54) is 0 Å². The molecule has 7 heteroatoms. The summed E-state index contributed by atoms with van der Waals surface area (Å²) in [7, 11) is 3.17. The maximum absolute atomic E-state index is 11.1. The van der Waals surface area contributed by atoms with Crippen molar-refractivity contribution in [3.63, 3.8) is 0 Å². The van der Waals surface area contributed by atoms with Crippen LogP contribution in [-0.4, -0.2) is 44.3 Å². The van der Waals surface area contributed by atoms with Gasteiger partial charge in [-0.05, 0) is 12.8 Å². The zero-order valence-electron chi connectivity index (χ0n) is 12.2. The van der Waals surface area contributed by atoms with E-state index >= 15 is 0 Å². The van der Waals surface area contributed by atoms with Crippen molar-refractivity contribution in [3.8, 4) is 11.5 Å². The number of likely N-dealkylation sites (tertiary alicyclic amines) is 1. The van der Waals surface area contributed by atoms with Crippen LogP contribution < -0.4 is 20.5 Å². The van der Waals surface area contributed by atoms with Gasteiger partial charge in [0.05, 0.1) is 24.9 Å². The number of methoxy groups -OCH3 is 2. The highest BCUT2D eigenvalue weighted by Crippen LogP contribution is 2.36. The zero-order chi connectivity index (χ0) is 15.4. The third-order valence-electron chi connectivity index (χ3n) is 3.64. The third-order valence-corrected chi connectivity index (χ3v) is 3.94. The van der Waals surface area contributed by atoms with Crippen molar-refractivity contribution in [2.75, 3.05) is 32.6 Å². The standard InChI is InChI=1S/C14H20ClN3O3/c1-20-12-8-11(13(21-2)7-10(12)15)17-9-3-5-18(6-4-9)14(16)19/h7-9,17H,3-6H2,1-2H3,(H2,16,19). The molecule has 1 aromatic rings. The summed E-state index contributed by atoms with van der Waals surface area (Å²) in [5, 5.41) is 3.92. The van der Waals surface area contributed by atoms with Crippen molar-refractivity contribution in [3.05, 3.63) is 17.2 Å². The second-order valence-electron chi connectivity index (χ2n) is 4.93. The van der Waals surface area contributed by atoms with E-state index in [1.807, 2.05) is 6.07 Å². The van der Waals surface area contributed by atoms with Gasteiger partial charge in [-0.3, -0.25) is 0 Å². The van der Waals surface area contributed by atoms with Crippen LogP contribution >= 0.6 is 11.6 Å². The molecule has 1 fully saturated rings. The molecule has 0 radical (unpaired) electrons. The number of primary amides is 1. The lowest BCUT2D eigenvalue weighted by atomic mass is 10.0. The summed E-state index contributed by atoms with van der Waals surface area (Å²) in [5.41, 5.74) is 6.11. The minimum Gasteiger partial charge on any atom is -0.495 e. The molecule has 3 N–H and O–H groups in total. The van der Waals surface area contributed by atoms with E-state index < -0.39 is 0 Å². The van der Waals surface area contributed by atoms with Gasteiger partial charge >= 0.3 is 6.03 Å². The molecule has 1 heterocycles. The molecular weight excluding hydrogens is 294 g/mol. The summed E-state index contributed by atoms with van der Waals surface area (Å²) >= 11 is 6.09. The SMILES string of the molecule is COc1cc(NC2CCN(C(N)=O)CC2)c(OC)cc1Cl. The Morgan fingerprint density at radius 3 is 2.43 bits per heavy atom. The average molecular weight is 314 g/mol. The number of hydrogen-bond acceptors (Lipinski definition) is 4. The molecular formula is C14H20ClN3O3. The maximum atomic E-state index is 11.1. The second-order valence-corrected chi connectivity index (χ2v) is 5.34. The van der Waals surface area contributed by atoms with Gasteiger partial charge in [0, 0.05) is 31.3 Å². The van der Waals surface area contributed by atoms with Crippen LogP contribution in [0.2, 0.25) is 5.02 Å². The molecule has 0 bridgehead atoms. The number of benzene rings is 1. The van der Waals surface area contributed by atoms with Gasteiger partial charge in [0.2, 0.25) is 0 Å². The van der Waals surface area contributed by atoms with Gasteiger partial charge in [0.1, 0.15) is 11.5 Å². The van der Waals surface area contributed by atoms with E-state index in [2.05, 4.69) is 5.32 Å². The summed E-state index contributed by atoms with van der Waals surface area (Å²) < 4.78 is 10.6. The normalized spacial score (nSPS) is 15.7. The monoisotopic (exact) mass is 313 g/mol. The fraction of sp³-hybridized carbons (Fsp3) is 0.500. The Hall–Kier alpha value is -1.82. The van der Waals surface area contributed by atoms with E-state index in [4.69, 9.17) is 26.8 Å². The number of piperidine rings is 1. The molecule has 0 unspecified atom stereocenters. The molecule has 0 aliphatic carbocycles. The smallest absolute Gasteiger partial charge is 0.314 e. The van der Waals surface area contributed by atoms with Crippen LogP contribution in [0, 0.1) is 0 Å². The molecule has 1 saturated heterocycles. The van der Waals surface area contributed by atoms with Gasteiger partial charge in [0.25, 0.3) is 0 Å². The number of halogens is 1. The highest BCUT2D eigenvalue weighted by molar-refractivity contribution is 6.32. The van der Waals surface area contributed by atoms with Crippen LogP contribution in [-0.2, 0) is 0 Å². The van der Waals surface area contributed by atoms with Crippen LogP contribution in [0.5, 0.6) is 11.5 Å². The summed E-state index contributed by atoms with van der Waals surface area (Å²) in [4.78, 5) is 12.8. The van der Waals surface area contributed by atoms with Gasteiger partial charge in [-0.2, -0.15) is 0 Å². The predicted molar refractivity (Wildman–Crippen MR) is 82.4 cm³/mol. The molecule has 116 valence electrons. The number of carbonyl (C=O) groups is 1. The van der Waals surface area contributed by atoms with Gasteiger partial charge in [-0.15, -0.1) is 0 Å². The van der Waals surface area contributed by atoms with Gasteiger partial charge in [-0.25, -0.2) is 4.79 Å². The first-order valence-corrected chi connectivity index (χ1v) is 7.15. The van der Waals surface area contributed by atoms with Gasteiger partial charge in [-0.1, -0.05) is 11.6 Å². The van der Waals surface area contributed by atoms with Crippen molar-refractivity contribution in [2.45, 2.75) is 18.9 Å². The largest absolute Gasteiger partial charge is 0.495 e. The number of ether oxygens (including phenoxy) is 2. The van der Waals surface area contributed by atoms with Crippen LogP contribution in [0.15, 0.2) is 12.1 Å². The number of anilines is 1. The minimum absolute atomic E-state index is 0.250. The molecule has 0 aromatic heterocycles. The lowest BCUT2D eigenvalue weighted by Crippen LogP contribution is -2.44. The Kier molecular flexibility index (Phi) is 5.01. The predicted octanol–water partition coefficient (Wildman–Crippen LogP) is 2.31. The van der Waals surface area contributed by atoms with Crippen LogP contribution in [0.25, 0.3) is 0 Å². The summed E-state index contributed by atoms with van der Waals surface area (Å²) in [6.45, 7) is 1.31. The fourth-order valence-electron chi connectivity index (χ4n) is 2.44. The zero-order valence-corrected chi connectivity index (χ0v) is 12.9. The Morgan fingerprint density at radius 1 is 1.29 bits per heavy atom. The second kappa shape index (κ2) is 6.76. The summed E-state index contributed by atoms with van der Waals surface area (Å²) in [6, 6.07) is 3.43. The van der Waals surface area contributed by atoms with E-state index in [9.17, 15) is 4.79 Å². The van der Waals surface area contributed by atoms with Gasteiger partial charge < -0.3 is 25.4 Å². The number of nitrogens with one attached hydrogen (secondary N) is 1. The minimum atomic E-state index is -0.362. The number of nitrogens with two attached hydrogens (primary N) is 1. The molecule has 6 nitrogen and oxygen atoms in total.